The smallest absolute Gasteiger partial charge is 0.0726 e. The molecule has 0 saturated carbocycles. The fraction of sp³-hybridized carbons (Fsp3) is 0.438. The van der Waals surface area contributed by atoms with Crippen molar-refractivity contribution in [1.82, 2.24) is 4.98 Å². The molecule has 1 aromatic heterocycles. The van der Waals surface area contributed by atoms with Crippen LogP contribution in [0, 0.1) is 0 Å². The number of aryl methyl sites for hydroxylation is 2. The molecule has 1 heterocycles. The van der Waals surface area contributed by atoms with Gasteiger partial charge < -0.3 is 5.73 Å². The number of hydrogen-bond acceptors (Lipinski definition) is 2. The number of hydrogen-bond donors (Lipinski definition) is 1. The third kappa shape index (κ3) is 1.86. The zero-order valence-corrected chi connectivity index (χ0v) is 11.0. The summed E-state index contributed by atoms with van der Waals surface area (Å²) in [5.74, 6) is 0. The largest absolute Gasteiger partial charge is 0.398 e. The van der Waals surface area contributed by atoms with E-state index in [1.807, 2.05) is 0 Å². The SMILES string of the molecule is CCCc1ccc2nc3c(c(N)c2c1)CCCC3. The van der Waals surface area contributed by atoms with Crippen molar-refractivity contribution in [3.63, 3.8) is 0 Å². The minimum absolute atomic E-state index is 0.979. The van der Waals surface area contributed by atoms with Gasteiger partial charge in [0, 0.05) is 16.8 Å². The van der Waals surface area contributed by atoms with Gasteiger partial charge in [-0.1, -0.05) is 19.4 Å². The molecule has 18 heavy (non-hydrogen) atoms. The molecule has 0 fully saturated rings. The van der Waals surface area contributed by atoms with Crippen LogP contribution >= 0.6 is 0 Å². The number of anilines is 1. The van der Waals surface area contributed by atoms with Crippen molar-refractivity contribution in [3.8, 4) is 0 Å². The number of pyridine rings is 1. The van der Waals surface area contributed by atoms with E-state index in [-0.39, 0.29) is 0 Å². The maximum atomic E-state index is 6.36. The van der Waals surface area contributed by atoms with Gasteiger partial charge in [-0.3, -0.25) is 4.98 Å². The van der Waals surface area contributed by atoms with Gasteiger partial charge in [-0.15, -0.1) is 0 Å². The van der Waals surface area contributed by atoms with Gasteiger partial charge in [0.15, 0.2) is 0 Å². The van der Waals surface area contributed by atoms with Crippen LogP contribution in [0.5, 0.6) is 0 Å². The quantitative estimate of drug-likeness (QED) is 0.870. The maximum absolute atomic E-state index is 6.36. The van der Waals surface area contributed by atoms with Gasteiger partial charge in [-0.25, -0.2) is 0 Å². The van der Waals surface area contributed by atoms with Crippen LogP contribution in [-0.2, 0) is 19.3 Å². The second-order valence-electron chi connectivity index (χ2n) is 5.26. The van der Waals surface area contributed by atoms with Crippen LogP contribution in [-0.4, -0.2) is 4.98 Å². The van der Waals surface area contributed by atoms with Crippen LogP contribution in [0.15, 0.2) is 18.2 Å². The summed E-state index contributed by atoms with van der Waals surface area (Å²) < 4.78 is 0. The van der Waals surface area contributed by atoms with Crippen LogP contribution < -0.4 is 5.73 Å². The Morgan fingerprint density at radius 2 is 2.06 bits per heavy atom. The average Bonchev–Trinajstić information content (AvgIpc) is 2.40. The lowest BCUT2D eigenvalue weighted by molar-refractivity contribution is 0.673. The van der Waals surface area contributed by atoms with Gasteiger partial charge in [0.2, 0.25) is 0 Å². The fourth-order valence-corrected chi connectivity index (χ4v) is 2.95. The first-order valence-electron chi connectivity index (χ1n) is 6.99. The number of nitrogen functional groups attached to an aromatic ring is 1. The summed E-state index contributed by atoms with van der Waals surface area (Å²) in [6.45, 7) is 2.21. The molecular weight excluding hydrogens is 220 g/mol. The van der Waals surface area contributed by atoms with Crippen molar-refractivity contribution < 1.29 is 0 Å². The van der Waals surface area contributed by atoms with Gasteiger partial charge in [0.1, 0.15) is 0 Å². The first-order chi connectivity index (χ1) is 8.79. The molecule has 0 atom stereocenters. The van der Waals surface area contributed by atoms with Crippen molar-refractivity contribution in [2.45, 2.75) is 45.4 Å². The lowest BCUT2D eigenvalue weighted by Gasteiger charge is -2.18. The van der Waals surface area contributed by atoms with Crippen molar-refractivity contribution in [2.75, 3.05) is 5.73 Å². The average molecular weight is 240 g/mol. The van der Waals surface area contributed by atoms with Crippen LogP contribution in [0.1, 0.15) is 43.0 Å². The minimum Gasteiger partial charge on any atom is -0.398 e. The van der Waals surface area contributed by atoms with E-state index in [4.69, 9.17) is 10.7 Å². The third-order valence-corrected chi connectivity index (χ3v) is 3.91. The number of benzene rings is 1. The molecule has 0 spiro atoms. The van der Waals surface area contributed by atoms with Crippen molar-refractivity contribution in [1.29, 1.82) is 0 Å². The summed E-state index contributed by atoms with van der Waals surface area (Å²) in [4.78, 5) is 4.80. The molecule has 0 radical (unpaired) electrons. The summed E-state index contributed by atoms with van der Waals surface area (Å²) in [5, 5.41) is 1.15. The molecule has 2 N–H and O–H groups in total. The second-order valence-corrected chi connectivity index (χ2v) is 5.26. The monoisotopic (exact) mass is 240 g/mol. The molecule has 2 aromatic rings. The summed E-state index contributed by atoms with van der Waals surface area (Å²) in [6, 6.07) is 6.55. The van der Waals surface area contributed by atoms with E-state index in [1.54, 1.807) is 0 Å². The Labute approximate surface area is 108 Å². The molecule has 1 aliphatic rings. The summed E-state index contributed by atoms with van der Waals surface area (Å²) in [6.07, 6.45) is 6.97. The van der Waals surface area contributed by atoms with Crippen molar-refractivity contribution in [3.05, 3.63) is 35.0 Å². The number of nitrogens with two attached hydrogens (primary N) is 1. The number of nitrogens with zero attached hydrogens (tertiary/aromatic N) is 1. The molecule has 0 bridgehead atoms. The molecule has 1 aromatic carbocycles. The lowest BCUT2D eigenvalue weighted by atomic mass is 9.92. The highest BCUT2D eigenvalue weighted by Crippen LogP contribution is 2.31. The van der Waals surface area contributed by atoms with Gasteiger partial charge in [-0.05, 0) is 55.4 Å². The Morgan fingerprint density at radius 1 is 1.22 bits per heavy atom. The predicted octanol–water partition coefficient (Wildman–Crippen LogP) is 3.65. The number of aromatic nitrogens is 1. The van der Waals surface area contributed by atoms with Crippen LogP contribution in [0.3, 0.4) is 0 Å². The Balaban J connectivity index is 2.19. The zero-order valence-electron chi connectivity index (χ0n) is 11.0. The van der Waals surface area contributed by atoms with E-state index in [1.165, 1.54) is 36.1 Å². The molecule has 0 unspecified atom stereocenters. The zero-order chi connectivity index (χ0) is 12.5. The van der Waals surface area contributed by atoms with Gasteiger partial charge in [0.05, 0.1) is 5.52 Å². The van der Waals surface area contributed by atoms with Gasteiger partial charge >= 0.3 is 0 Å². The summed E-state index contributed by atoms with van der Waals surface area (Å²) in [7, 11) is 0. The molecule has 0 aliphatic heterocycles. The van der Waals surface area contributed by atoms with Crippen LogP contribution in [0.2, 0.25) is 0 Å². The fourth-order valence-electron chi connectivity index (χ4n) is 2.95. The summed E-state index contributed by atoms with van der Waals surface area (Å²) in [5.41, 5.74) is 12.3. The van der Waals surface area contributed by atoms with E-state index in [9.17, 15) is 0 Å². The van der Waals surface area contributed by atoms with Crippen LogP contribution in [0.25, 0.3) is 10.9 Å². The molecular formula is C16H20N2. The first kappa shape index (κ1) is 11.5. The van der Waals surface area contributed by atoms with E-state index in [0.717, 1.165) is 35.9 Å². The number of fused-ring (bicyclic) bond motifs is 2. The first-order valence-corrected chi connectivity index (χ1v) is 6.99. The Bertz CT molecular complexity index is 587. The molecule has 2 nitrogen and oxygen atoms in total. The van der Waals surface area contributed by atoms with E-state index in [0.29, 0.717) is 0 Å². The molecule has 0 saturated heterocycles. The standard InChI is InChI=1S/C16H20N2/c1-2-5-11-8-9-15-13(10-11)16(17)12-6-3-4-7-14(12)18-15/h8-10H,2-7H2,1H3,(H2,17,18). The van der Waals surface area contributed by atoms with Crippen LogP contribution in [0.4, 0.5) is 5.69 Å². The minimum atomic E-state index is 0.979. The highest BCUT2D eigenvalue weighted by molar-refractivity contribution is 5.92. The van der Waals surface area contributed by atoms with E-state index < -0.39 is 0 Å². The molecule has 1 aliphatic carbocycles. The Morgan fingerprint density at radius 3 is 2.89 bits per heavy atom. The molecule has 94 valence electrons. The normalized spacial score (nSPS) is 14.7. The highest BCUT2D eigenvalue weighted by Gasteiger charge is 2.16. The lowest BCUT2D eigenvalue weighted by Crippen LogP contribution is -2.09. The van der Waals surface area contributed by atoms with E-state index >= 15 is 0 Å². The van der Waals surface area contributed by atoms with E-state index in [2.05, 4.69) is 25.1 Å². The Kier molecular flexibility index (Phi) is 2.94. The molecule has 2 heteroatoms. The van der Waals surface area contributed by atoms with Gasteiger partial charge in [0.25, 0.3) is 0 Å². The molecule has 3 rings (SSSR count). The second kappa shape index (κ2) is 4.60. The topological polar surface area (TPSA) is 38.9 Å². The highest BCUT2D eigenvalue weighted by atomic mass is 14.7. The van der Waals surface area contributed by atoms with Gasteiger partial charge in [-0.2, -0.15) is 0 Å². The van der Waals surface area contributed by atoms with Crippen molar-refractivity contribution in [2.24, 2.45) is 0 Å². The predicted molar refractivity (Wildman–Crippen MR) is 76.8 cm³/mol. The maximum Gasteiger partial charge on any atom is 0.0726 e. The molecule has 0 amide bonds. The summed E-state index contributed by atoms with van der Waals surface area (Å²) >= 11 is 0. The number of rotatable bonds is 2. The van der Waals surface area contributed by atoms with Crippen molar-refractivity contribution >= 4 is 16.6 Å². The third-order valence-electron chi connectivity index (χ3n) is 3.91. The Hall–Kier alpha value is -1.57.